The van der Waals surface area contributed by atoms with Crippen LogP contribution in [0.1, 0.15) is 10.5 Å². The van der Waals surface area contributed by atoms with E-state index in [0.29, 0.717) is 24.5 Å². The van der Waals surface area contributed by atoms with E-state index in [1.54, 1.807) is 7.11 Å². The monoisotopic (exact) mass is 290 g/mol. The second-order valence-electron chi connectivity index (χ2n) is 5.05. The number of aromatic nitrogens is 1. The summed E-state index contributed by atoms with van der Waals surface area (Å²) in [7, 11) is 3.67. The smallest absolute Gasteiger partial charge is 0.267 e. The highest BCUT2D eigenvalue weighted by Gasteiger charge is 2.10. The number of nitrogens with two attached hydrogens (primary N) is 1. The number of likely N-dealkylation sites (N-methyl/N-ethyl adjacent to an activating group) is 1. The van der Waals surface area contributed by atoms with Crippen LogP contribution in [-0.4, -0.2) is 56.2 Å². The Hall–Kier alpha value is -2.05. The van der Waals surface area contributed by atoms with Gasteiger partial charge >= 0.3 is 0 Å². The number of carbonyl (C=O) groups excluding carboxylic acids is 1. The molecule has 0 aliphatic rings. The third-order valence-corrected chi connectivity index (χ3v) is 3.39. The molecule has 0 spiro atoms. The van der Waals surface area contributed by atoms with E-state index in [1.807, 2.05) is 31.3 Å². The van der Waals surface area contributed by atoms with Crippen molar-refractivity contribution < 1.29 is 9.53 Å². The van der Waals surface area contributed by atoms with Gasteiger partial charge in [0, 0.05) is 32.1 Å². The number of amides is 1. The maximum absolute atomic E-state index is 12.1. The molecule has 21 heavy (non-hydrogen) atoms. The number of nitrogen functional groups attached to an aromatic ring is 1. The van der Waals surface area contributed by atoms with Crippen molar-refractivity contribution in [3.8, 4) is 0 Å². The standard InChI is InChI=1S/C15H22N4O2/c1-19(8-9-21-2)7-6-17-15(20)13-10-11-4-3-5-12(16)14(11)18-13/h3-5,10,18H,6-9,16H2,1-2H3,(H,17,20). The maximum atomic E-state index is 12.1. The van der Waals surface area contributed by atoms with Gasteiger partial charge in [0.25, 0.3) is 5.91 Å². The van der Waals surface area contributed by atoms with E-state index in [2.05, 4.69) is 15.2 Å². The number of fused-ring (bicyclic) bond motifs is 1. The lowest BCUT2D eigenvalue weighted by Gasteiger charge is -2.15. The van der Waals surface area contributed by atoms with E-state index in [9.17, 15) is 4.79 Å². The molecule has 1 aromatic heterocycles. The third-order valence-electron chi connectivity index (χ3n) is 3.39. The number of ether oxygens (including phenoxy) is 1. The number of nitrogens with one attached hydrogen (secondary N) is 2. The number of nitrogens with zero attached hydrogens (tertiary/aromatic N) is 1. The zero-order valence-corrected chi connectivity index (χ0v) is 12.5. The Morgan fingerprint density at radius 2 is 2.24 bits per heavy atom. The average Bonchev–Trinajstić information content (AvgIpc) is 2.90. The molecule has 4 N–H and O–H groups in total. The van der Waals surface area contributed by atoms with Gasteiger partial charge in [-0.05, 0) is 19.2 Å². The van der Waals surface area contributed by atoms with Crippen LogP contribution in [0.5, 0.6) is 0 Å². The van der Waals surface area contributed by atoms with Crippen molar-refractivity contribution in [1.29, 1.82) is 0 Å². The third kappa shape index (κ3) is 3.96. The summed E-state index contributed by atoms with van der Waals surface area (Å²) < 4.78 is 5.01. The predicted octanol–water partition coefficient (Wildman–Crippen LogP) is 1.06. The summed E-state index contributed by atoms with van der Waals surface area (Å²) in [6.45, 7) is 2.89. The van der Waals surface area contributed by atoms with Gasteiger partial charge in [0.15, 0.2) is 0 Å². The van der Waals surface area contributed by atoms with E-state index in [-0.39, 0.29) is 5.91 Å². The largest absolute Gasteiger partial charge is 0.397 e. The molecule has 6 heteroatoms. The van der Waals surface area contributed by atoms with E-state index < -0.39 is 0 Å². The lowest BCUT2D eigenvalue weighted by atomic mass is 10.2. The fraction of sp³-hybridized carbons (Fsp3) is 0.400. The predicted molar refractivity (Wildman–Crippen MR) is 84.4 cm³/mol. The van der Waals surface area contributed by atoms with Gasteiger partial charge in [0.05, 0.1) is 17.8 Å². The Kier molecular flexibility index (Phi) is 5.19. The number of anilines is 1. The molecular weight excluding hydrogens is 268 g/mol. The first-order valence-corrected chi connectivity index (χ1v) is 6.94. The lowest BCUT2D eigenvalue weighted by Crippen LogP contribution is -2.34. The molecule has 2 aromatic rings. The molecule has 6 nitrogen and oxygen atoms in total. The summed E-state index contributed by atoms with van der Waals surface area (Å²) in [5, 5.41) is 3.84. The van der Waals surface area contributed by atoms with Gasteiger partial charge in [-0.1, -0.05) is 12.1 Å². The molecule has 0 bridgehead atoms. The number of methoxy groups -OCH3 is 1. The number of para-hydroxylation sites is 1. The zero-order chi connectivity index (χ0) is 15.2. The number of aromatic amines is 1. The summed E-state index contributed by atoms with van der Waals surface area (Å²) in [5.41, 5.74) is 7.85. The van der Waals surface area contributed by atoms with Crippen LogP contribution in [0.15, 0.2) is 24.3 Å². The number of carbonyl (C=O) groups is 1. The van der Waals surface area contributed by atoms with Gasteiger partial charge in [-0.25, -0.2) is 0 Å². The van der Waals surface area contributed by atoms with Crippen molar-refractivity contribution in [1.82, 2.24) is 15.2 Å². The molecule has 1 aromatic carbocycles. The van der Waals surface area contributed by atoms with Crippen molar-refractivity contribution >= 4 is 22.5 Å². The van der Waals surface area contributed by atoms with Crippen LogP contribution in [0.2, 0.25) is 0 Å². The van der Waals surface area contributed by atoms with Crippen molar-refractivity contribution in [2.75, 3.05) is 46.1 Å². The molecule has 0 saturated heterocycles. The van der Waals surface area contributed by atoms with E-state index in [0.717, 1.165) is 24.0 Å². The number of H-pyrrole nitrogens is 1. The highest BCUT2D eigenvalue weighted by Crippen LogP contribution is 2.20. The molecule has 0 aliphatic carbocycles. The molecule has 0 fully saturated rings. The SMILES string of the molecule is COCCN(C)CCNC(=O)c1cc2cccc(N)c2[nH]1. The molecule has 2 rings (SSSR count). The molecular formula is C15H22N4O2. The Bertz CT molecular complexity index is 609. The molecule has 0 aliphatic heterocycles. The fourth-order valence-corrected chi connectivity index (χ4v) is 2.12. The van der Waals surface area contributed by atoms with Crippen LogP contribution < -0.4 is 11.1 Å². The topological polar surface area (TPSA) is 83.4 Å². The summed E-state index contributed by atoms with van der Waals surface area (Å²) in [4.78, 5) is 17.3. The Morgan fingerprint density at radius 1 is 1.43 bits per heavy atom. The summed E-state index contributed by atoms with van der Waals surface area (Å²) in [6, 6.07) is 7.43. The molecule has 114 valence electrons. The van der Waals surface area contributed by atoms with E-state index in [1.165, 1.54) is 0 Å². The first-order chi connectivity index (χ1) is 10.1. The Morgan fingerprint density at radius 3 is 2.95 bits per heavy atom. The first kappa shape index (κ1) is 15.3. The second kappa shape index (κ2) is 7.10. The molecule has 0 unspecified atom stereocenters. The average molecular weight is 290 g/mol. The minimum atomic E-state index is -0.120. The second-order valence-corrected chi connectivity index (χ2v) is 5.05. The molecule has 0 radical (unpaired) electrons. The van der Waals surface area contributed by atoms with Crippen molar-refractivity contribution in [3.63, 3.8) is 0 Å². The van der Waals surface area contributed by atoms with Gasteiger partial charge < -0.3 is 25.7 Å². The van der Waals surface area contributed by atoms with Gasteiger partial charge in [0.2, 0.25) is 0 Å². The van der Waals surface area contributed by atoms with Gasteiger partial charge in [-0.2, -0.15) is 0 Å². The quantitative estimate of drug-likeness (QED) is 0.666. The van der Waals surface area contributed by atoms with Crippen LogP contribution in [0.25, 0.3) is 10.9 Å². The Labute approximate surface area is 124 Å². The minimum Gasteiger partial charge on any atom is -0.397 e. The number of hydrogen-bond acceptors (Lipinski definition) is 4. The van der Waals surface area contributed by atoms with Crippen molar-refractivity contribution in [2.24, 2.45) is 0 Å². The van der Waals surface area contributed by atoms with Gasteiger partial charge in [-0.3, -0.25) is 4.79 Å². The van der Waals surface area contributed by atoms with Crippen LogP contribution in [0.3, 0.4) is 0 Å². The fourth-order valence-electron chi connectivity index (χ4n) is 2.12. The number of hydrogen-bond donors (Lipinski definition) is 3. The molecule has 0 saturated carbocycles. The summed E-state index contributed by atoms with van der Waals surface area (Å²) >= 11 is 0. The Balaban J connectivity index is 1.89. The summed E-state index contributed by atoms with van der Waals surface area (Å²) in [5.74, 6) is -0.120. The van der Waals surface area contributed by atoms with E-state index in [4.69, 9.17) is 10.5 Å². The van der Waals surface area contributed by atoms with Crippen LogP contribution in [0.4, 0.5) is 5.69 Å². The van der Waals surface area contributed by atoms with Crippen LogP contribution >= 0.6 is 0 Å². The highest BCUT2D eigenvalue weighted by atomic mass is 16.5. The zero-order valence-electron chi connectivity index (χ0n) is 12.5. The number of benzene rings is 1. The maximum Gasteiger partial charge on any atom is 0.267 e. The normalized spacial score (nSPS) is 11.2. The van der Waals surface area contributed by atoms with Gasteiger partial charge in [-0.15, -0.1) is 0 Å². The van der Waals surface area contributed by atoms with Crippen molar-refractivity contribution in [3.05, 3.63) is 30.0 Å². The van der Waals surface area contributed by atoms with E-state index >= 15 is 0 Å². The highest BCUT2D eigenvalue weighted by molar-refractivity contribution is 6.00. The number of rotatable bonds is 7. The van der Waals surface area contributed by atoms with Crippen LogP contribution in [-0.2, 0) is 4.74 Å². The minimum absolute atomic E-state index is 0.120. The van der Waals surface area contributed by atoms with Crippen LogP contribution in [0, 0.1) is 0 Å². The lowest BCUT2D eigenvalue weighted by molar-refractivity contribution is 0.0943. The van der Waals surface area contributed by atoms with Crippen molar-refractivity contribution in [2.45, 2.75) is 0 Å². The summed E-state index contributed by atoms with van der Waals surface area (Å²) in [6.07, 6.45) is 0. The molecule has 1 amide bonds. The first-order valence-electron chi connectivity index (χ1n) is 6.94. The molecule has 1 heterocycles. The van der Waals surface area contributed by atoms with Gasteiger partial charge in [0.1, 0.15) is 5.69 Å². The molecule has 0 atom stereocenters.